The molecule has 0 aliphatic carbocycles. The summed E-state index contributed by atoms with van der Waals surface area (Å²) in [5.41, 5.74) is 0. The van der Waals surface area contributed by atoms with Gasteiger partial charge in [-0.25, -0.2) is 0 Å². The topological polar surface area (TPSA) is 58.1 Å². The molecule has 2 rings (SSSR count). The molecular weight excluding hydrogens is 260 g/mol. The minimum Gasteiger partial charge on any atom is -0.353 e. The summed E-state index contributed by atoms with van der Waals surface area (Å²) in [6.07, 6.45) is 2.15. The summed E-state index contributed by atoms with van der Waals surface area (Å²) >= 11 is 1.70. The van der Waals surface area contributed by atoms with E-state index in [1.165, 1.54) is 0 Å². The van der Waals surface area contributed by atoms with E-state index in [0.717, 1.165) is 35.9 Å². The zero-order chi connectivity index (χ0) is 13.8. The predicted molar refractivity (Wildman–Crippen MR) is 76.3 cm³/mol. The van der Waals surface area contributed by atoms with Gasteiger partial charge in [0.15, 0.2) is 0 Å². The number of carbonyl (C=O) groups is 1. The molecule has 1 amide bonds. The van der Waals surface area contributed by atoms with Crippen LogP contribution < -0.4 is 5.32 Å². The Balaban J connectivity index is 1.78. The molecule has 0 unspecified atom stereocenters. The summed E-state index contributed by atoms with van der Waals surface area (Å²) in [5, 5.41) is 13.4. The average Bonchev–Trinajstić information content (AvgIpc) is 2.75. The number of hydrogen-bond donors (Lipinski definition) is 1. The molecule has 0 atom stereocenters. The molecule has 1 aromatic rings. The Morgan fingerprint density at radius 2 is 2.11 bits per heavy atom. The number of carbonyl (C=O) groups excluding carboxylic acids is 1. The normalized spacial score (nSPS) is 17.9. The van der Waals surface area contributed by atoms with Crippen molar-refractivity contribution in [1.82, 2.24) is 20.4 Å². The monoisotopic (exact) mass is 282 g/mol. The molecule has 1 aliphatic rings. The van der Waals surface area contributed by atoms with Gasteiger partial charge in [0.2, 0.25) is 5.91 Å². The van der Waals surface area contributed by atoms with E-state index in [1.807, 2.05) is 20.8 Å². The lowest BCUT2D eigenvalue weighted by Gasteiger charge is -2.30. The molecule has 0 saturated carbocycles. The van der Waals surface area contributed by atoms with Gasteiger partial charge in [0.1, 0.15) is 10.0 Å². The van der Waals surface area contributed by atoms with E-state index in [1.54, 1.807) is 11.3 Å². The highest BCUT2D eigenvalue weighted by Crippen LogP contribution is 2.29. The SMILES string of the molecule is Cc1nnc(C2CCN(CC(=O)NC(C)C)CC2)s1. The lowest BCUT2D eigenvalue weighted by Crippen LogP contribution is -2.43. The average molecular weight is 282 g/mol. The molecule has 19 heavy (non-hydrogen) atoms. The summed E-state index contributed by atoms with van der Waals surface area (Å²) in [4.78, 5) is 13.9. The van der Waals surface area contributed by atoms with Crippen LogP contribution in [-0.4, -0.2) is 46.7 Å². The fraction of sp³-hybridized carbons (Fsp3) is 0.769. The molecule has 2 heterocycles. The van der Waals surface area contributed by atoms with Crippen LogP contribution in [0.15, 0.2) is 0 Å². The summed E-state index contributed by atoms with van der Waals surface area (Å²) in [6.45, 7) is 8.42. The van der Waals surface area contributed by atoms with E-state index in [2.05, 4.69) is 20.4 Å². The van der Waals surface area contributed by atoms with Crippen molar-refractivity contribution < 1.29 is 4.79 Å². The lowest BCUT2D eigenvalue weighted by molar-refractivity contribution is -0.123. The van der Waals surface area contributed by atoms with E-state index in [0.29, 0.717) is 12.5 Å². The lowest BCUT2D eigenvalue weighted by atomic mass is 9.98. The Bertz CT molecular complexity index is 424. The Labute approximate surface area is 118 Å². The van der Waals surface area contributed by atoms with Gasteiger partial charge in [-0.15, -0.1) is 21.5 Å². The molecule has 1 aromatic heterocycles. The summed E-state index contributed by atoms with van der Waals surface area (Å²) < 4.78 is 0. The number of aromatic nitrogens is 2. The number of nitrogens with one attached hydrogen (secondary N) is 1. The van der Waals surface area contributed by atoms with Gasteiger partial charge in [0.05, 0.1) is 6.54 Å². The minimum absolute atomic E-state index is 0.125. The summed E-state index contributed by atoms with van der Waals surface area (Å²) in [7, 11) is 0. The van der Waals surface area contributed by atoms with E-state index in [4.69, 9.17) is 0 Å². The first-order valence-electron chi connectivity index (χ1n) is 6.86. The highest BCUT2D eigenvalue weighted by molar-refractivity contribution is 7.11. The Morgan fingerprint density at radius 1 is 1.42 bits per heavy atom. The fourth-order valence-electron chi connectivity index (χ4n) is 2.39. The molecule has 106 valence electrons. The van der Waals surface area contributed by atoms with Crippen LogP contribution in [0.5, 0.6) is 0 Å². The molecule has 0 radical (unpaired) electrons. The first-order chi connectivity index (χ1) is 9.04. The van der Waals surface area contributed by atoms with Crippen LogP contribution in [0.4, 0.5) is 0 Å². The van der Waals surface area contributed by atoms with Gasteiger partial charge in [0.25, 0.3) is 0 Å². The fourth-order valence-corrected chi connectivity index (χ4v) is 3.25. The second kappa shape index (κ2) is 6.43. The Morgan fingerprint density at radius 3 is 2.63 bits per heavy atom. The standard InChI is InChI=1S/C13H22N4OS/c1-9(2)14-12(18)8-17-6-4-11(5-7-17)13-16-15-10(3)19-13/h9,11H,4-8H2,1-3H3,(H,14,18). The molecular formula is C13H22N4OS. The Hall–Kier alpha value is -1.01. The number of likely N-dealkylation sites (tertiary alicyclic amines) is 1. The second-order valence-corrected chi connectivity index (χ2v) is 6.65. The van der Waals surface area contributed by atoms with Crippen molar-refractivity contribution >= 4 is 17.2 Å². The number of nitrogens with zero attached hydrogens (tertiary/aromatic N) is 3. The van der Waals surface area contributed by atoms with Crippen molar-refractivity contribution in [2.75, 3.05) is 19.6 Å². The predicted octanol–water partition coefficient (Wildman–Crippen LogP) is 1.55. The van der Waals surface area contributed by atoms with Crippen LogP contribution in [0, 0.1) is 6.92 Å². The van der Waals surface area contributed by atoms with Gasteiger partial charge >= 0.3 is 0 Å². The van der Waals surface area contributed by atoms with E-state index in [-0.39, 0.29) is 11.9 Å². The van der Waals surface area contributed by atoms with Crippen molar-refractivity contribution in [1.29, 1.82) is 0 Å². The number of piperidine rings is 1. The van der Waals surface area contributed by atoms with Gasteiger partial charge in [-0.3, -0.25) is 9.69 Å². The van der Waals surface area contributed by atoms with Gasteiger partial charge in [-0.1, -0.05) is 0 Å². The second-order valence-electron chi connectivity index (χ2n) is 5.43. The quantitative estimate of drug-likeness (QED) is 0.910. The van der Waals surface area contributed by atoms with Crippen LogP contribution in [-0.2, 0) is 4.79 Å². The van der Waals surface area contributed by atoms with Gasteiger partial charge < -0.3 is 5.32 Å². The third-order valence-electron chi connectivity index (χ3n) is 3.30. The van der Waals surface area contributed by atoms with Crippen molar-refractivity contribution in [2.24, 2.45) is 0 Å². The van der Waals surface area contributed by atoms with Crippen LogP contribution in [0.2, 0.25) is 0 Å². The van der Waals surface area contributed by atoms with Crippen LogP contribution in [0.25, 0.3) is 0 Å². The highest BCUT2D eigenvalue weighted by Gasteiger charge is 2.24. The maximum Gasteiger partial charge on any atom is 0.234 e. The van der Waals surface area contributed by atoms with Crippen LogP contribution in [0.1, 0.15) is 42.6 Å². The zero-order valence-corrected chi connectivity index (χ0v) is 12.7. The zero-order valence-electron chi connectivity index (χ0n) is 11.8. The van der Waals surface area contributed by atoms with Crippen molar-refractivity contribution in [3.63, 3.8) is 0 Å². The van der Waals surface area contributed by atoms with Gasteiger partial charge in [-0.05, 0) is 46.7 Å². The number of rotatable bonds is 4. The molecule has 1 fully saturated rings. The molecule has 0 bridgehead atoms. The number of amides is 1. The van der Waals surface area contributed by atoms with E-state index < -0.39 is 0 Å². The minimum atomic E-state index is 0.125. The summed E-state index contributed by atoms with van der Waals surface area (Å²) in [6, 6.07) is 0.217. The van der Waals surface area contributed by atoms with Crippen LogP contribution >= 0.6 is 11.3 Å². The molecule has 1 aliphatic heterocycles. The van der Waals surface area contributed by atoms with Crippen molar-refractivity contribution in [3.05, 3.63) is 10.0 Å². The molecule has 5 nitrogen and oxygen atoms in total. The van der Waals surface area contributed by atoms with E-state index >= 15 is 0 Å². The summed E-state index contributed by atoms with van der Waals surface area (Å²) in [5.74, 6) is 0.649. The van der Waals surface area contributed by atoms with Gasteiger partial charge in [0, 0.05) is 12.0 Å². The molecule has 6 heteroatoms. The number of hydrogen-bond acceptors (Lipinski definition) is 5. The smallest absolute Gasteiger partial charge is 0.234 e. The van der Waals surface area contributed by atoms with Crippen molar-refractivity contribution in [2.45, 2.75) is 45.6 Å². The first-order valence-corrected chi connectivity index (χ1v) is 7.68. The molecule has 1 saturated heterocycles. The Kier molecular flexibility index (Phi) is 4.87. The third-order valence-corrected chi connectivity index (χ3v) is 4.30. The van der Waals surface area contributed by atoms with Gasteiger partial charge in [-0.2, -0.15) is 0 Å². The first kappa shape index (κ1) is 14.4. The molecule has 0 spiro atoms. The maximum atomic E-state index is 11.7. The molecule has 0 aromatic carbocycles. The molecule has 1 N–H and O–H groups in total. The van der Waals surface area contributed by atoms with Crippen molar-refractivity contribution in [3.8, 4) is 0 Å². The van der Waals surface area contributed by atoms with E-state index in [9.17, 15) is 4.79 Å². The highest BCUT2D eigenvalue weighted by atomic mass is 32.1. The third kappa shape index (κ3) is 4.24. The number of aryl methyl sites for hydroxylation is 1. The van der Waals surface area contributed by atoms with Crippen LogP contribution in [0.3, 0.4) is 0 Å². The maximum absolute atomic E-state index is 11.7. The largest absolute Gasteiger partial charge is 0.353 e.